The molecule has 0 bridgehead atoms. The monoisotopic (exact) mass is 379 g/mol. The second kappa shape index (κ2) is 6.66. The summed E-state index contributed by atoms with van der Waals surface area (Å²) in [4.78, 5) is 5.63. The van der Waals surface area contributed by atoms with E-state index in [9.17, 15) is 12.8 Å². The Morgan fingerprint density at radius 3 is 2.38 bits per heavy atom. The SMILES string of the molecule is CSc1nc(-c2ccc(F)cc2)c(-c2ccccc2S(C)(=O)=O)s1. The van der Waals surface area contributed by atoms with E-state index in [1.807, 2.05) is 6.26 Å². The molecular formula is C17H14FNO2S3. The molecule has 0 saturated carbocycles. The van der Waals surface area contributed by atoms with E-state index in [-0.39, 0.29) is 10.7 Å². The maximum absolute atomic E-state index is 13.2. The number of thiazole rings is 1. The van der Waals surface area contributed by atoms with Crippen LogP contribution in [0.3, 0.4) is 0 Å². The Labute approximate surface area is 148 Å². The lowest BCUT2D eigenvalue weighted by Gasteiger charge is -2.08. The van der Waals surface area contributed by atoms with Crippen molar-refractivity contribution in [3.63, 3.8) is 0 Å². The molecule has 0 saturated heterocycles. The van der Waals surface area contributed by atoms with Crippen LogP contribution in [-0.4, -0.2) is 25.9 Å². The normalized spacial score (nSPS) is 11.6. The summed E-state index contributed by atoms with van der Waals surface area (Å²) in [6, 6.07) is 12.9. The first-order valence-corrected chi connectivity index (χ1v) is 10.9. The topological polar surface area (TPSA) is 47.0 Å². The van der Waals surface area contributed by atoms with Gasteiger partial charge in [0.1, 0.15) is 5.82 Å². The van der Waals surface area contributed by atoms with Crippen molar-refractivity contribution in [1.82, 2.24) is 4.98 Å². The minimum Gasteiger partial charge on any atom is -0.229 e. The zero-order valence-electron chi connectivity index (χ0n) is 13.0. The van der Waals surface area contributed by atoms with Gasteiger partial charge in [0.15, 0.2) is 14.2 Å². The molecule has 24 heavy (non-hydrogen) atoms. The molecule has 0 radical (unpaired) electrons. The van der Waals surface area contributed by atoms with Gasteiger partial charge in [-0.05, 0) is 36.6 Å². The van der Waals surface area contributed by atoms with Crippen molar-refractivity contribution >= 4 is 32.9 Å². The third-order valence-electron chi connectivity index (χ3n) is 3.43. The number of benzene rings is 2. The molecule has 0 aliphatic heterocycles. The minimum absolute atomic E-state index is 0.268. The number of halogens is 1. The second-order valence-corrected chi connectivity index (χ2v) is 9.17. The smallest absolute Gasteiger partial charge is 0.176 e. The number of nitrogens with zero attached hydrogens (tertiary/aromatic N) is 1. The molecule has 3 rings (SSSR count). The van der Waals surface area contributed by atoms with Crippen LogP contribution < -0.4 is 0 Å². The van der Waals surface area contributed by atoms with Crippen molar-refractivity contribution < 1.29 is 12.8 Å². The highest BCUT2D eigenvalue weighted by Crippen LogP contribution is 2.41. The van der Waals surface area contributed by atoms with E-state index in [2.05, 4.69) is 4.98 Å². The van der Waals surface area contributed by atoms with E-state index in [4.69, 9.17) is 0 Å². The Kier molecular flexibility index (Phi) is 4.76. The summed E-state index contributed by atoms with van der Waals surface area (Å²) >= 11 is 2.93. The average Bonchev–Trinajstić information content (AvgIpc) is 2.99. The molecule has 0 atom stereocenters. The molecule has 0 N–H and O–H groups in total. The first kappa shape index (κ1) is 17.1. The van der Waals surface area contributed by atoms with E-state index < -0.39 is 9.84 Å². The summed E-state index contributed by atoms with van der Waals surface area (Å²) in [5.74, 6) is -0.322. The van der Waals surface area contributed by atoms with Crippen LogP contribution in [0.1, 0.15) is 0 Å². The van der Waals surface area contributed by atoms with Gasteiger partial charge in [-0.25, -0.2) is 17.8 Å². The summed E-state index contributed by atoms with van der Waals surface area (Å²) in [5, 5.41) is 0. The number of rotatable bonds is 4. The molecule has 2 aromatic carbocycles. The van der Waals surface area contributed by atoms with Gasteiger partial charge in [-0.1, -0.05) is 30.0 Å². The highest BCUT2D eigenvalue weighted by molar-refractivity contribution is 8.00. The summed E-state index contributed by atoms with van der Waals surface area (Å²) in [6.07, 6.45) is 3.11. The van der Waals surface area contributed by atoms with Crippen LogP contribution in [0.2, 0.25) is 0 Å². The van der Waals surface area contributed by atoms with Crippen molar-refractivity contribution in [3.8, 4) is 21.7 Å². The fourth-order valence-corrected chi connectivity index (χ4v) is 4.94. The van der Waals surface area contributed by atoms with Crippen molar-refractivity contribution in [1.29, 1.82) is 0 Å². The van der Waals surface area contributed by atoms with E-state index in [0.29, 0.717) is 11.3 Å². The second-order valence-electron chi connectivity index (χ2n) is 5.14. The van der Waals surface area contributed by atoms with E-state index in [1.54, 1.807) is 36.4 Å². The van der Waals surface area contributed by atoms with Crippen molar-refractivity contribution in [2.75, 3.05) is 12.5 Å². The fraction of sp³-hybridized carbons (Fsp3) is 0.118. The van der Waals surface area contributed by atoms with Gasteiger partial charge in [0.25, 0.3) is 0 Å². The fourth-order valence-electron chi connectivity index (χ4n) is 2.35. The van der Waals surface area contributed by atoms with Gasteiger partial charge < -0.3 is 0 Å². The van der Waals surface area contributed by atoms with Crippen molar-refractivity contribution in [2.45, 2.75) is 9.24 Å². The van der Waals surface area contributed by atoms with Crippen LogP contribution in [0.4, 0.5) is 4.39 Å². The predicted molar refractivity (Wildman–Crippen MR) is 97.8 cm³/mol. The molecule has 0 fully saturated rings. The quantitative estimate of drug-likeness (QED) is 0.614. The third-order valence-corrected chi connectivity index (χ3v) is 6.66. The maximum Gasteiger partial charge on any atom is 0.176 e. The van der Waals surface area contributed by atoms with Crippen LogP contribution in [0.15, 0.2) is 57.8 Å². The largest absolute Gasteiger partial charge is 0.229 e. The number of hydrogen-bond donors (Lipinski definition) is 0. The summed E-state index contributed by atoms with van der Waals surface area (Å²) in [6.45, 7) is 0. The molecule has 0 aliphatic rings. The van der Waals surface area contributed by atoms with Gasteiger partial charge in [-0.15, -0.1) is 11.3 Å². The zero-order valence-corrected chi connectivity index (χ0v) is 15.4. The van der Waals surface area contributed by atoms with Gasteiger partial charge >= 0.3 is 0 Å². The Hall–Kier alpha value is -1.70. The van der Waals surface area contributed by atoms with Gasteiger partial charge in [0.2, 0.25) is 0 Å². The Balaban J connectivity index is 2.26. The first-order valence-electron chi connectivity index (χ1n) is 7.00. The van der Waals surface area contributed by atoms with E-state index in [0.717, 1.165) is 14.8 Å². The van der Waals surface area contributed by atoms with Crippen LogP contribution >= 0.6 is 23.1 Å². The number of sulfone groups is 1. The molecule has 0 unspecified atom stereocenters. The molecule has 0 spiro atoms. The molecule has 0 aliphatic carbocycles. The van der Waals surface area contributed by atoms with E-state index >= 15 is 0 Å². The molecule has 7 heteroatoms. The highest BCUT2D eigenvalue weighted by Gasteiger charge is 2.21. The third kappa shape index (κ3) is 3.38. The van der Waals surface area contributed by atoms with Crippen molar-refractivity contribution in [3.05, 3.63) is 54.3 Å². The first-order chi connectivity index (χ1) is 11.4. The van der Waals surface area contributed by atoms with Gasteiger partial charge in [-0.3, -0.25) is 0 Å². The van der Waals surface area contributed by atoms with Gasteiger partial charge in [0, 0.05) is 17.4 Å². The van der Waals surface area contributed by atoms with Crippen molar-refractivity contribution in [2.24, 2.45) is 0 Å². The molecule has 1 heterocycles. The summed E-state index contributed by atoms with van der Waals surface area (Å²) in [5.41, 5.74) is 2.05. The predicted octanol–water partition coefficient (Wildman–Crippen LogP) is 4.74. The molecular weight excluding hydrogens is 365 g/mol. The Morgan fingerprint density at radius 2 is 1.75 bits per heavy atom. The lowest BCUT2D eigenvalue weighted by Crippen LogP contribution is -1.99. The summed E-state index contributed by atoms with van der Waals surface area (Å²) in [7, 11) is -3.37. The minimum atomic E-state index is -3.37. The zero-order chi connectivity index (χ0) is 17.3. The highest BCUT2D eigenvalue weighted by atomic mass is 32.2. The number of thioether (sulfide) groups is 1. The van der Waals surface area contributed by atoms with Crippen LogP contribution in [0.5, 0.6) is 0 Å². The number of aromatic nitrogens is 1. The molecule has 3 nitrogen and oxygen atoms in total. The van der Waals surface area contributed by atoms with Crippen LogP contribution in [0, 0.1) is 5.82 Å². The lowest BCUT2D eigenvalue weighted by molar-refractivity contribution is 0.602. The maximum atomic E-state index is 13.2. The van der Waals surface area contributed by atoms with E-state index in [1.165, 1.54) is 41.5 Å². The Bertz CT molecular complexity index is 979. The Morgan fingerprint density at radius 1 is 1.08 bits per heavy atom. The molecule has 124 valence electrons. The van der Waals surface area contributed by atoms with Crippen LogP contribution in [0.25, 0.3) is 21.7 Å². The standard InChI is InChI=1S/C17H14FNO2S3/c1-22-17-19-15(11-7-9-12(18)10-8-11)16(23-17)13-5-3-4-6-14(13)24(2,20)21/h3-10H,1-2H3. The average molecular weight is 380 g/mol. The molecule has 0 amide bonds. The summed E-state index contributed by atoms with van der Waals surface area (Å²) < 4.78 is 38.3. The van der Waals surface area contributed by atoms with Crippen LogP contribution in [-0.2, 0) is 9.84 Å². The number of hydrogen-bond acceptors (Lipinski definition) is 5. The molecule has 3 aromatic rings. The van der Waals surface area contributed by atoms with Gasteiger partial charge in [-0.2, -0.15) is 0 Å². The lowest BCUT2D eigenvalue weighted by atomic mass is 10.1. The van der Waals surface area contributed by atoms with Gasteiger partial charge in [0.05, 0.1) is 15.5 Å². The molecule has 1 aromatic heterocycles.